The van der Waals surface area contributed by atoms with E-state index < -0.39 is 21.7 Å². The van der Waals surface area contributed by atoms with Gasteiger partial charge in [-0.1, -0.05) is 0 Å². The second-order valence-corrected chi connectivity index (χ2v) is 6.06. The summed E-state index contributed by atoms with van der Waals surface area (Å²) in [6.07, 6.45) is 1.05. The van der Waals surface area contributed by atoms with Crippen LogP contribution in [0.4, 0.5) is 0 Å². The highest BCUT2D eigenvalue weighted by molar-refractivity contribution is 7.90. The predicted molar refractivity (Wildman–Crippen MR) is 68.7 cm³/mol. The summed E-state index contributed by atoms with van der Waals surface area (Å²) >= 11 is 0. The Kier molecular flexibility index (Phi) is 4.41. The molecule has 0 bridgehead atoms. The van der Waals surface area contributed by atoms with Crippen LogP contribution in [-0.4, -0.2) is 40.0 Å². The Morgan fingerprint density at radius 3 is 2.11 bits per heavy atom. The van der Waals surface area contributed by atoms with Gasteiger partial charge in [0, 0.05) is 17.9 Å². The van der Waals surface area contributed by atoms with E-state index >= 15 is 0 Å². The van der Waals surface area contributed by atoms with E-state index in [1.54, 1.807) is 0 Å². The fourth-order valence-electron chi connectivity index (χ4n) is 1.65. The molecule has 0 amide bonds. The number of sulfone groups is 1. The number of carbonyl (C=O) groups is 1. The van der Waals surface area contributed by atoms with Crippen molar-refractivity contribution >= 4 is 15.8 Å². The number of methoxy groups -OCH3 is 2. The summed E-state index contributed by atoms with van der Waals surface area (Å²) in [7, 11) is -0.815. The molecule has 0 spiro atoms. The lowest BCUT2D eigenvalue weighted by molar-refractivity contribution is -0.138. The van der Waals surface area contributed by atoms with Crippen LogP contribution in [0.5, 0.6) is 11.5 Å². The molecule has 0 fully saturated rings. The summed E-state index contributed by atoms with van der Waals surface area (Å²) in [4.78, 5) is 11.0. The molecule has 1 unspecified atom stereocenters. The van der Waals surface area contributed by atoms with E-state index in [9.17, 15) is 13.2 Å². The second-order valence-electron chi connectivity index (χ2n) is 4.08. The van der Waals surface area contributed by atoms with Crippen molar-refractivity contribution in [3.63, 3.8) is 0 Å². The van der Waals surface area contributed by atoms with E-state index in [0.717, 1.165) is 6.26 Å². The first-order chi connectivity index (χ1) is 8.72. The van der Waals surface area contributed by atoms with Crippen molar-refractivity contribution in [3.8, 4) is 11.5 Å². The van der Waals surface area contributed by atoms with Gasteiger partial charge < -0.3 is 14.6 Å². The normalized spacial score (nSPS) is 12.8. The smallest absolute Gasteiger partial charge is 0.310 e. The van der Waals surface area contributed by atoms with Gasteiger partial charge in [-0.15, -0.1) is 0 Å². The summed E-state index contributed by atoms with van der Waals surface area (Å²) in [5, 5.41) is 9.03. The summed E-state index contributed by atoms with van der Waals surface area (Å²) in [5.74, 6) is -1.56. The topological polar surface area (TPSA) is 89.9 Å². The van der Waals surface area contributed by atoms with Crippen molar-refractivity contribution in [3.05, 3.63) is 17.7 Å². The molecule has 0 aliphatic heterocycles. The zero-order chi connectivity index (χ0) is 14.8. The van der Waals surface area contributed by atoms with Crippen molar-refractivity contribution in [2.75, 3.05) is 20.5 Å². The number of hydrogen-bond acceptors (Lipinski definition) is 5. The Morgan fingerprint density at radius 1 is 1.21 bits per heavy atom. The van der Waals surface area contributed by atoms with Gasteiger partial charge in [0.05, 0.1) is 20.1 Å². The van der Waals surface area contributed by atoms with Crippen molar-refractivity contribution in [1.82, 2.24) is 0 Å². The van der Waals surface area contributed by atoms with Gasteiger partial charge in [-0.2, -0.15) is 0 Å². The number of ether oxygens (including phenoxy) is 2. The molecular weight excluding hydrogens is 272 g/mol. The summed E-state index contributed by atoms with van der Waals surface area (Å²) < 4.78 is 33.4. The number of carboxylic acids is 1. The minimum absolute atomic E-state index is 0.0341. The van der Waals surface area contributed by atoms with Crippen LogP contribution in [-0.2, 0) is 14.6 Å². The summed E-state index contributed by atoms with van der Waals surface area (Å²) in [5.41, 5.74) is 0.360. The molecule has 0 aliphatic carbocycles. The number of aliphatic carboxylic acids is 1. The van der Waals surface area contributed by atoms with E-state index in [4.69, 9.17) is 14.6 Å². The molecule has 0 saturated heterocycles. The average molecular weight is 288 g/mol. The second kappa shape index (κ2) is 5.48. The third-order valence-electron chi connectivity index (χ3n) is 2.75. The maximum atomic E-state index is 11.6. The maximum absolute atomic E-state index is 11.6. The van der Waals surface area contributed by atoms with Crippen LogP contribution in [0, 0.1) is 0 Å². The van der Waals surface area contributed by atoms with Crippen molar-refractivity contribution in [2.45, 2.75) is 17.7 Å². The molecule has 0 heterocycles. The van der Waals surface area contributed by atoms with Crippen LogP contribution in [0.1, 0.15) is 18.4 Å². The molecule has 0 saturated carbocycles. The number of hydrogen-bond donors (Lipinski definition) is 1. The highest BCUT2D eigenvalue weighted by Gasteiger charge is 2.24. The van der Waals surface area contributed by atoms with Crippen LogP contribution < -0.4 is 9.47 Å². The zero-order valence-corrected chi connectivity index (χ0v) is 11.9. The minimum Gasteiger partial charge on any atom is -0.496 e. The largest absolute Gasteiger partial charge is 0.496 e. The molecule has 1 N–H and O–H groups in total. The van der Waals surface area contributed by atoms with Crippen LogP contribution in [0.2, 0.25) is 0 Å². The van der Waals surface area contributed by atoms with Gasteiger partial charge in [0.15, 0.2) is 9.84 Å². The maximum Gasteiger partial charge on any atom is 0.310 e. The van der Waals surface area contributed by atoms with Gasteiger partial charge in [-0.05, 0) is 13.0 Å². The lowest BCUT2D eigenvalue weighted by Crippen LogP contribution is -2.11. The first-order valence-electron chi connectivity index (χ1n) is 5.41. The number of carboxylic acid groups (broad SMARTS) is 1. The van der Waals surface area contributed by atoms with Crippen molar-refractivity contribution < 1.29 is 27.8 Å². The quantitative estimate of drug-likeness (QED) is 0.878. The molecule has 1 aromatic rings. The van der Waals surface area contributed by atoms with Gasteiger partial charge in [0.2, 0.25) is 0 Å². The Bertz CT molecular complexity index is 590. The monoisotopic (exact) mass is 288 g/mol. The molecule has 1 atom stereocenters. The number of benzene rings is 1. The Hall–Kier alpha value is -1.76. The van der Waals surface area contributed by atoms with E-state index in [0.29, 0.717) is 5.56 Å². The Labute approximate surface area is 111 Å². The summed E-state index contributed by atoms with van der Waals surface area (Å²) in [6, 6.07) is 2.66. The third-order valence-corrected chi connectivity index (χ3v) is 3.87. The van der Waals surface area contributed by atoms with Crippen LogP contribution in [0.15, 0.2) is 17.0 Å². The fourth-order valence-corrected chi connectivity index (χ4v) is 2.48. The van der Waals surface area contributed by atoms with E-state index in [2.05, 4.69) is 0 Å². The van der Waals surface area contributed by atoms with Gasteiger partial charge in [0.25, 0.3) is 0 Å². The molecule has 7 heteroatoms. The fraction of sp³-hybridized carbons (Fsp3) is 0.417. The van der Waals surface area contributed by atoms with Crippen molar-refractivity contribution in [2.24, 2.45) is 0 Å². The predicted octanol–water partition coefficient (Wildman–Crippen LogP) is 1.30. The molecule has 0 aliphatic rings. The SMILES string of the molecule is COc1cc(S(C)(=O)=O)c(OC)cc1C(C)C(=O)O. The van der Waals surface area contributed by atoms with Crippen LogP contribution in [0.25, 0.3) is 0 Å². The molecule has 0 radical (unpaired) electrons. The standard InChI is InChI=1S/C12H16O6S/c1-7(12(13)14)8-5-10(18-3)11(19(4,15)16)6-9(8)17-2/h5-7H,1-4H3,(H,13,14). The summed E-state index contributed by atoms with van der Waals surface area (Å²) in [6.45, 7) is 1.49. The minimum atomic E-state index is -3.49. The number of rotatable bonds is 5. The van der Waals surface area contributed by atoms with E-state index in [1.807, 2.05) is 0 Å². The van der Waals surface area contributed by atoms with E-state index in [1.165, 1.54) is 33.3 Å². The van der Waals surface area contributed by atoms with Gasteiger partial charge in [-0.25, -0.2) is 8.42 Å². The lowest BCUT2D eigenvalue weighted by Gasteiger charge is -2.16. The first-order valence-corrected chi connectivity index (χ1v) is 7.30. The van der Waals surface area contributed by atoms with Gasteiger partial charge >= 0.3 is 5.97 Å². The zero-order valence-electron chi connectivity index (χ0n) is 11.1. The third kappa shape index (κ3) is 3.17. The Balaban J connectivity index is 3.57. The van der Waals surface area contributed by atoms with Crippen LogP contribution in [0.3, 0.4) is 0 Å². The lowest BCUT2D eigenvalue weighted by atomic mass is 10.00. The molecule has 106 valence electrons. The molecule has 19 heavy (non-hydrogen) atoms. The van der Waals surface area contributed by atoms with E-state index in [-0.39, 0.29) is 16.4 Å². The molecule has 1 rings (SSSR count). The molecule has 0 aromatic heterocycles. The van der Waals surface area contributed by atoms with Gasteiger partial charge in [0.1, 0.15) is 16.4 Å². The Morgan fingerprint density at radius 2 is 1.74 bits per heavy atom. The average Bonchev–Trinajstić information content (AvgIpc) is 2.34. The highest BCUT2D eigenvalue weighted by atomic mass is 32.2. The van der Waals surface area contributed by atoms with Crippen molar-refractivity contribution in [1.29, 1.82) is 0 Å². The molecule has 1 aromatic carbocycles. The van der Waals surface area contributed by atoms with Gasteiger partial charge in [-0.3, -0.25) is 4.79 Å². The first kappa shape index (κ1) is 15.3. The molecular formula is C12H16O6S. The highest BCUT2D eigenvalue weighted by Crippen LogP contribution is 2.36. The van der Waals surface area contributed by atoms with Crippen LogP contribution >= 0.6 is 0 Å². The molecule has 6 nitrogen and oxygen atoms in total.